The van der Waals surface area contributed by atoms with Crippen LogP contribution in [0.2, 0.25) is 0 Å². The second kappa shape index (κ2) is 10.4. The number of H-pyrrole nitrogens is 1. The Morgan fingerprint density at radius 2 is 1.84 bits per heavy atom. The van der Waals surface area contributed by atoms with Crippen molar-refractivity contribution in [2.75, 3.05) is 30.3 Å². The number of ether oxygens (including phenoxy) is 1. The SMILES string of the molecule is CCOC(=O)C1=C(CN(CC(C)C)c2c(N)n(CC(C)C)c(=O)[nH]c2=O)NC(=O)NC1C. The summed E-state index contributed by atoms with van der Waals surface area (Å²) in [5.41, 5.74) is 5.81. The lowest BCUT2D eigenvalue weighted by atomic mass is 10.0. The van der Waals surface area contributed by atoms with E-state index >= 15 is 0 Å². The molecule has 1 atom stereocenters. The third-order valence-electron chi connectivity index (χ3n) is 4.88. The Labute approximate surface area is 187 Å². The number of carbonyl (C=O) groups excluding carboxylic acids is 2. The van der Waals surface area contributed by atoms with Gasteiger partial charge in [-0.2, -0.15) is 0 Å². The van der Waals surface area contributed by atoms with E-state index in [4.69, 9.17) is 10.5 Å². The first-order valence-corrected chi connectivity index (χ1v) is 10.8. The summed E-state index contributed by atoms with van der Waals surface area (Å²) < 4.78 is 6.50. The van der Waals surface area contributed by atoms with Crippen LogP contribution >= 0.6 is 0 Å². The Hall–Kier alpha value is -3.24. The summed E-state index contributed by atoms with van der Waals surface area (Å²) in [6.45, 7) is 12.1. The van der Waals surface area contributed by atoms with Crippen LogP contribution in [0.4, 0.5) is 16.3 Å². The molecule has 2 heterocycles. The second-order valence-corrected chi connectivity index (χ2v) is 8.70. The molecule has 0 aliphatic carbocycles. The lowest BCUT2D eigenvalue weighted by Gasteiger charge is -2.32. The molecular formula is C21H34N6O5. The molecule has 11 heteroatoms. The lowest BCUT2D eigenvalue weighted by Crippen LogP contribution is -2.52. The average molecular weight is 451 g/mol. The van der Waals surface area contributed by atoms with E-state index in [9.17, 15) is 19.2 Å². The number of anilines is 2. The number of nitrogen functional groups attached to an aromatic ring is 1. The maximum absolute atomic E-state index is 12.8. The van der Waals surface area contributed by atoms with Crippen molar-refractivity contribution in [2.24, 2.45) is 11.8 Å². The molecule has 0 fully saturated rings. The van der Waals surface area contributed by atoms with Crippen LogP contribution < -0.4 is 32.5 Å². The van der Waals surface area contributed by atoms with E-state index in [2.05, 4.69) is 15.6 Å². The lowest BCUT2D eigenvalue weighted by molar-refractivity contribution is -0.139. The maximum atomic E-state index is 12.8. The van der Waals surface area contributed by atoms with Gasteiger partial charge in [-0.15, -0.1) is 0 Å². The van der Waals surface area contributed by atoms with Crippen LogP contribution in [0.1, 0.15) is 41.5 Å². The number of nitrogens with two attached hydrogens (primary N) is 1. The summed E-state index contributed by atoms with van der Waals surface area (Å²) in [6.07, 6.45) is 0. The van der Waals surface area contributed by atoms with Crippen LogP contribution in [0.15, 0.2) is 20.9 Å². The van der Waals surface area contributed by atoms with Gasteiger partial charge in [-0.05, 0) is 25.7 Å². The molecule has 2 rings (SSSR count). The van der Waals surface area contributed by atoms with Crippen molar-refractivity contribution in [1.29, 1.82) is 0 Å². The van der Waals surface area contributed by atoms with Crippen molar-refractivity contribution in [1.82, 2.24) is 20.2 Å². The number of rotatable bonds is 9. The number of esters is 1. The molecule has 1 aromatic heterocycles. The first kappa shape index (κ1) is 25.0. The number of aromatic amines is 1. The highest BCUT2D eigenvalue weighted by Crippen LogP contribution is 2.22. The van der Waals surface area contributed by atoms with Crippen LogP contribution in [-0.2, 0) is 16.1 Å². The number of nitrogens with zero attached hydrogens (tertiary/aromatic N) is 2. The number of nitrogens with one attached hydrogen (secondary N) is 3. The molecule has 0 aromatic carbocycles. The fraction of sp³-hybridized carbons (Fsp3) is 0.619. The van der Waals surface area contributed by atoms with E-state index in [0.717, 1.165) is 0 Å². The molecule has 178 valence electrons. The minimum absolute atomic E-state index is 0.0250. The van der Waals surface area contributed by atoms with Crippen molar-refractivity contribution in [3.05, 3.63) is 32.1 Å². The summed E-state index contributed by atoms with van der Waals surface area (Å²) in [6, 6.07) is -1.04. The Morgan fingerprint density at radius 3 is 2.41 bits per heavy atom. The van der Waals surface area contributed by atoms with E-state index in [0.29, 0.717) is 18.8 Å². The van der Waals surface area contributed by atoms with Gasteiger partial charge in [-0.1, -0.05) is 27.7 Å². The zero-order valence-corrected chi connectivity index (χ0v) is 19.6. The summed E-state index contributed by atoms with van der Waals surface area (Å²) in [7, 11) is 0. The molecule has 0 saturated heterocycles. The van der Waals surface area contributed by atoms with Crippen LogP contribution in [0.5, 0.6) is 0 Å². The second-order valence-electron chi connectivity index (χ2n) is 8.70. The van der Waals surface area contributed by atoms with Crippen LogP contribution in [-0.4, -0.2) is 47.3 Å². The Balaban J connectivity index is 2.63. The first-order chi connectivity index (χ1) is 15.0. The van der Waals surface area contributed by atoms with E-state index in [1.807, 2.05) is 27.7 Å². The van der Waals surface area contributed by atoms with Gasteiger partial charge in [0.2, 0.25) is 0 Å². The molecule has 32 heavy (non-hydrogen) atoms. The first-order valence-electron chi connectivity index (χ1n) is 10.8. The molecule has 2 amide bonds. The largest absolute Gasteiger partial charge is 0.463 e. The van der Waals surface area contributed by atoms with E-state index < -0.39 is 29.3 Å². The molecule has 1 aliphatic rings. The van der Waals surface area contributed by atoms with E-state index in [-0.39, 0.29) is 42.1 Å². The number of hydrogen-bond donors (Lipinski definition) is 4. The third-order valence-corrected chi connectivity index (χ3v) is 4.88. The van der Waals surface area contributed by atoms with Gasteiger partial charge in [0.05, 0.1) is 30.5 Å². The Kier molecular flexibility index (Phi) is 8.12. The number of amides is 2. The summed E-state index contributed by atoms with van der Waals surface area (Å²) in [4.78, 5) is 53.9. The quantitative estimate of drug-likeness (QED) is 0.405. The zero-order valence-electron chi connectivity index (χ0n) is 19.6. The van der Waals surface area contributed by atoms with Crippen LogP contribution in [0.3, 0.4) is 0 Å². The van der Waals surface area contributed by atoms with E-state index in [1.165, 1.54) is 4.57 Å². The van der Waals surface area contributed by atoms with Gasteiger partial charge in [0, 0.05) is 13.1 Å². The topological polar surface area (TPSA) is 152 Å². The highest BCUT2D eigenvalue weighted by atomic mass is 16.5. The molecule has 1 aliphatic heterocycles. The van der Waals surface area contributed by atoms with Gasteiger partial charge in [-0.25, -0.2) is 14.4 Å². The summed E-state index contributed by atoms with van der Waals surface area (Å²) in [5.74, 6) is -0.283. The molecule has 11 nitrogen and oxygen atoms in total. The van der Waals surface area contributed by atoms with Gasteiger partial charge in [0.1, 0.15) is 11.5 Å². The number of carbonyl (C=O) groups is 2. The van der Waals surface area contributed by atoms with Gasteiger partial charge in [-0.3, -0.25) is 14.3 Å². The predicted molar refractivity (Wildman–Crippen MR) is 122 cm³/mol. The highest BCUT2D eigenvalue weighted by molar-refractivity contribution is 5.95. The minimum Gasteiger partial charge on any atom is -0.463 e. The Morgan fingerprint density at radius 1 is 1.19 bits per heavy atom. The zero-order chi connectivity index (χ0) is 24.2. The average Bonchev–Trinajstić information content (AvgIpc) is 2.63. The van der Waals surface area contributed by atoms with Crippen molar-refractivity contribution in [2.45, 2.75) is 54.1 Å². The monoisotopic (exact) mass is 450 g/mol. The number of aromatic nitrogens is 2. The van der Waals surface area contributed by atoms with Crippen molar-refractivity contribution in [3.63, 3.8) is 0 Å². The molecule has 1 unspecified atom stereocenters. The van der Waals surface area contributed by atoms with Gasteiger partial charge in [0.25, 0.3) is 5.56 Å². The predicted octanol–water partition coefficient (Wildman–Crippen LogP) is 0.756. The summed E-state index contributed by atoms with van der Waals surface area (Å²) in [5, 5.41) is 5.32. The molecule has 0 radical (unpaired) electrons. The fourth-order valence-electron chi connectivity index (χ4n) is 3.70. The fourth-order valence-corrected chi connectivity index (χ4v) is 3.70. The number of urea groups is 1. The third kappa shape index (κ3) is 5.71. The van der Waals surface area contributed by atoms with Gasteiger partial charge >= 0.3 is 17.7 Å². The van der Waals surface area contributed by atoms with Crippen molar-refractivity contribution < 1.29 is 14.3 Å². The smallest absolute Gasteiger partial charge is 0.337 e. The minimum atomic E-state index is -0.625. The molecular weight excluding hydrogens is 416 g/mol. The molecule has 5 N–H and O–H groups in total. The summed E-state index contributed by atoms with van der Waals surface area (Å²) >= 11 is 0. The van der Waals surface area contributed by atoms with Crippen molar-refractivity contribution >= 4 is 23.5 Å². The van der Waals surface area contributed by atoms with Crippen LogP contribution in [0, 0.1) is 11.8 Å². The maximum Gasteiger partial charge on any atom is 0.337 e. The standard InChI is InChI=1S/C21H34N6O5/c1-7-32-19(29)15-13(6)23-20(30)24-14(15)10-26(8-11(2)3)16-17(22)27(9-12(4)5)21(31)25-18(16)28/h11-13H,7-10,22H2,1-6H3,(H2,23,24,30)(H,25,28,31). The molecule has 1 aromatic rings. The van der Waals surface area contributed by atoms with Crippen molar-refractivity contribution in [3.8, 4) is 0 Å². The van der Waals surface area contributed by atoms with Gasteiger partial charge in [0.15, 0.2) is 0 Å². The van der Waals surface area contributed by atoms with Crippen LogP contribution in [0.25, 0.3) is 0 Å². The highest BCUT2D eigenvalue weighted by Gasteiger charge is 2.32. The number of hydrogen-bond acceptors (Lipinski definition) is 7. The van der Waals surface area contributed by atoms with Gasteiger partial charge < -0.3 is 26.0 Å². The molecule has 0 spiro atoms. The van der Waals surface area contributed by atoms with E-state index in [1.54, 1.807) is 18.7 Å². The molecule has 0 saturated carbocycles. The molecule has 0 bridgehead atoms. The Bertz CT molecular complexity index is 1010. The normalized spacial score (nSPS) is 16.2.